The van der Waals surface area contributed by atoms with Gasteiger partial charge in [0.2, 0.25) is 0 Å². The molecule has 0 spiro atoms. The summed E-state index contributed by atoms with van der Waals surface area (Å²) in [6, 6.07) is 5.15. The number of methoxy groups -OCH3 is 1. The molecule has 0 saturated carbocycles. The van der Waals surface area contributed by atoms with Crippen LogP contribution in [-0.2, 0) is 0 Å². The average molecular weight is 236 g/mol. The molecule has 1 aliphatic heterocycles. The fourth-order valence-electron chi connectivity index (χ4n) is 2.22. The highest BCUT2D eigenvalue weighted by Crippen LogP contribution is 2.32. The molecule has 1 aromatic rings. The molecule has 1 fully saturated rings. The van der Waals surface area contributed by atoms with Crippen LogP contribution in [0.3, 0.4) is 0 Å². The summed E-state index contributed by atoms with van der Waals surface area (Å²) in [6.45, 7) is 0.924. The number of rotatable bonds is 3. The molecule has 0 bridgehead atoms. The highest BCUT2D eigenvalue weighted by molar-refractivity contribution is 5.47. The number of ether oxygens (including phenoxy) is 1. The van der Waals surface area contributed by atoms with Gasteiger partial charge in [-0.3, -0.25) is 10.1 Å². The molecule has 1 N–H and O–H groups in total. The van der Waals surface area contributed by atoms with Crippen LogP contribution in [0.1, 0.15) is 30.9 Å². The molecule has 0 radical (unpaired) electrons. The molecule has 1 aromatic carbocycles. The molecule has 0 aromatic heterocycles. The van der Waals surface area contributed by atoms with E-state index in [1.165, 1.54) is 13.2 Å². The van der Waals surface area contributed by atoms with Crippen LogP contribution in [0.5, 0.6) is 5.75 Å². The van der Waals surface area contributed by atoms with Gasteiger partial charge in [-0.15, -0.1) is 0 Å². The van der Waals surface area contributed by atoms with Crippen LogP contribution in [0.15, 0.2) is 18.2 Å². The smallest absolute Gasteiger partial charge is 0.277 e. The first-order valence-corrected chi connectivity index (χ1v) is 5.78. The maximum atomic E-state index is 11.1. The first kappa shape index (κ1) is 11.9. The van der Waals surface area contributed by atoms with Gasteiger partial charge in [0.1, 0.15) is 5.75 Å². The van der Waals surface area contributed by atoms with Crippen molar-refractivity contribution in [3.63, 3.8) is 0 Å². The van der Waals surface area contributed by atoms with Gasteiger partial charge in [0, 0.05) is 11.6 Å². The van der Waals surface area contributed by atoms with E-state index >= 15 is 0 Å². The number of piperidine rings is 1. The lowest BCUT2D eigenvalue weighted by atomic mass is 9.96. The predicted molar refractivity (Wildman–Crippen MR) is 64.2 cm³/mol. The molecular formula is C12H16N2O3. The summed E-state index contributed by atoms with van der Waals surface area (Å²) >= 11 is 0. The minimum atomic E-state index is -0.339. The summed E-state index contributed by atoms with van der Waals surface area (Å²) < 4.78 is 5.02. The number of hydrogen-bond acceptors (Lipinski definition) is 4. The normalized spacial score (nSPS) is 19.9. The van der Waals surface area contributed by atoms with E-state index in [9.17, 15) is 10.1 Å². The first-order chi connectivity index (χ1) is 8.22. The zero-order chi connectivity index (χ0) is 12.3. The van der Waals surface area contributed by atoms with Crippen LogP contribution in [0.25, 0.3) is 0 Å². The van der Waals surface area contributed by atoms with Crippen LogP contribution in [0.4, 0.5) is 5.69 Å². The van der Waals surface area contributed by atoms with Gasteiger partial charge < -0.3 is 10.1 Å². The summed E-state index contributed by atoms with van der Waals surface area (Å²) in [6.07, 6.45) is 3.20. The summed E-state index contributed by atoms with van der Waals surface area (Å²) in [5.41, 5.74) is 0.902. The Kier molecular flexibility index (Phi) is 3.58. The van der Waals surface area contributed by atoms with Crippen LogP contribution >= 0.6 is 0 Å². The number of nitro groups is 1. The number of hydrogen-bond donors (Lipinski definition) is 1. The molecule has 17 heavy (non-hydrogen) atoms. The molecule has 1 saturated heterocycles. The van der Waals surface area contributed by atoms with E-state index in [0.29, 0.717) is 5.75 Å². The fraction of sp³-hybridized carbons (Fsp3) is 0.500. The predicted octanol–water partition coefficient (Wildman–Crippen LogP) is 2.42. The van der Waals surface area contributed by atoms with Crippen LogP contribution < -0.4 is 10.1 Å². The Balaban J connectivity index is 2.34. The van der Waals surface area contributed by atoms with E-state index in [4.69, 9.17) is 4.74 Å². The Bertz CT molecular complexity index is 414. The number of benzene rings is 1. The zero-order valence-corrected chi connectivity index (χ0v) is 9.81. The number of nitro benzene ring substituents is 1. The lowest BCUT2D eigenvalue weighted by Crippen LogP contribution is -2.27. The van der Waals surface area contributed by atoms with Gasteiger partial charge in [-0.05, 0) is 31.5 Å². The van der Waals surface area contributed by atoms with E-state index < -0.39 is 0 Å². The summed E-state index contributed by atoms with van der Waals surface area (Å²) in [7, 11) is 1.51. The van der Waals surface area contributed by atoms with Crippen molar-refractivity contribution in [2.24, 2.45) is 0 Å². The van der Waals surface area contributed by atoms with Crippen molar-refractivity contribution in [1.29, 1.82) is 0 Å². The molecule has 1 atom stereocenters. The van der Waals surface area contributed by atoms with E-state index in [1.807, 2.05) is 0 Å². The highest BCUT2D eigenvalue weighted by Gasteiger charge is 2.24. The topological polar surface area (TPSA) is 64.4 Å². The average Bonchev–Trinajstić information content (AvgIpc) is 2.39. The molecule has 0 amide bonds. The molecule has 92 valence electrons. The second kappa shape index (κ2) is 5.14. The van der Waals surface area contributed by atoms with E-state index in [2.05, 4.69) is 5.32 Å². The lowest BCUT2D eigenvalue weighted by Gasteiger charge is -2.23. The fourth-order valence-corrected chi connectivity index (χ4v) is 2.22. The quantitative estimate of drug-likeness (QED) is 0.646. The minimum Gasteiger partial charge on any atom is -0.497 e. The molecule has 1 unspecified atom stereocenters. The first-order valence-electron chi connectivity index (χ1n) is 5.78. The monoisotopic (exact) mass is 236 g/mol. The van der Waals surface area contributed by atoms with E-state index in [-0.39, 0.29) is 16.7 Å². The standard InChI is InChI=1S/C12H16N2O3/c1-17-9-5-6-10(12(8-9)14(15)16)11-4-2-3-7-13-11/h5-6,8,11,13H,2-4,7H2,1H3. The Morgan fingerprint density at radius 2 is 2.29 bits per heavy atom. The third-order valence-electron chi connectivity index (χ3n) is 3.12. The largest absolute Gasteiger partial charge is 0.497 e. The van der Waals surface area contributed by atoms with Gasteiger partial charge in [0.25, 0.3) is 5.69 Å². The van der Waals surface area contributed by atoms with Crippen molar-refractivity contribution < 1.29 is 9.66 Å². The minimum absolute atomic E-state index is 0.0926. The third kappa shape index (κ3) is 2.55. The SMILES string of the molecule is COc1ccc(C2CCCCN2)c([N+](=O)[O-])c1. The van der Waals surface area contributed by atoms with Crippen LogP contribution in [-0.4, -0.2) is 18.6 Å². The van der Waals surface area contributed by atoms with Crippen molar-refractivity contribution in [3.8, 4) is 5.75 Å². The van der Waals surface area contributed by atoms with Gasteiger partial charge >= 0.3 is 0 Å². The van der Waals surface area contributed by atoms with Gasteiger partial charge in [-0.1, -0.05) is 6.42 Å². The van der Waals surface area contributed by atoms with Crippen molar-refractivity contribution in [3.05, 3.63) is 33.9 Å². The molecule has 2 rings (SSSR count). The third-order valence-corrected chi connectivity index (χ3v) is 3.12. The maximum Gasteiger partial charge on any atom is 0.277 e. The highest BCUT2D eigenvalue weighted by atomic mass is 16.6. The molecular weight excluding hydrogens is 220 g/mol. The Hall–Kier alpha value is -1.62. The van der Waals surface area contributed by atoms with Crippen LogP contribution in [0, 0.1) is 10.1 Å². The Morgan fingerprint density at radius 3 is 2.88 bits per heavy atom. The molecule has 5 heteroatoms. The van der Waals surface area contributed by atoms with Crippen molar-refractivity contribution in [2.75, 3.05) is 13.7 Å². The second-order valence-electron chi connectivity index (χ2n) is 4.18. The summed E-state index contributed by atoms with van der Waals surface area (Å²) in [5.74, 6) is 0.524. The molecule has 0 aliphatic carbocycles. The van der Waals surface area contributed by atoms with Crippen LogP contribution in [0.2, 0.25) is 0 Å². The maximum absolute atomic E-state index is 11.1. The van der Waals surface area contributed by atoms with Crippen molar-refractivity contribution in [1.82, 2.24) is 5.32 Å². The number of nitrogens with one attached hydrogen (secondary N) is 1. The van der Waals surface area contributed by atoms with E-state index in [0.717, 1.165) is 31.4 Å². The molecule has 1 aliphatic rings. The Labute approximate surface area is 99.9 Å². The summed E-state index contributed by atoms with van der Waals surface area (Å²) in [5, 5.41) is 14.4. The van der Waals surface area contributed by atoms with Gasteiger partial charge in [-0.25, -0.2) is 0 Å². The van der Waals surface area contributed by atoms with Gasteiger partial charge in [-0.2, -0.15) is 0 Å². The number of nitrogens with zero attached hydrogens (tertiary/aromatic N) is 1. The van der Waals surface area contributed by atoms with Crippen molar-refractivity contribution in [2.45, 2.75) is 25.3 Å². The summed E-state index contributed by atoms with van der Waals surface area (Å²) in [4.78, 5) is 10.7. The lowest BCUT2D eigenvalue weighted by molar-refractivity contribution is -0.385. The zero-order valence-electron chi connectivity index (χ0n) is 9.81. The van der Waals surface area contributed by atoms with E-state index in [1.54, 1.807) is 12.1 Å². The van der Waals surface area contributed by atoms with Gasteiger partial charge in [0.15, 0.2) is 0 Å². The molecule has 5 nitrogen and oxygen atoms in total. The van der Waals surface area contributed by atoms with Crippen molar-refractivity contribution >= 4 is 5.69 Å². The second-order valence-corrected chi connectivity index (χ2v) is 4.18. The van der Waals surface area contributed by atoms with Gasteiger partial charge in [0.05, 0.1) is 18.1 Å². The molecule has 1 heterocycles. The Morgan fingerprint density at radius 1 is 1.47 bits per heavy atom.